The van der Waals surface area contributed by atoms with E-state index in [1.165, 1.54) is 0 Å². The minimum Gasteiger partial charge on any atom is -0.350 e. The maximum Gasteiger partial charge on any atom is 0.259 e. The molecule has 14 heavy (non-hydrogen) atoms. The van der Waals surface area contributed by atoms with E-state index in [0.29, 0.717) is 25.9 Å². The predicted molar refractivity (Wildman–Crippen MR) is 47.1 cm³/mol. The third kappa shape index (κ3) is 1.39. The molecule has 80 valence electrons. The van der Waals surface area contributed by atoms with E-state index < -0.39 is 17.2 Å². The summed E-state index contributed by atoms with van der Waals surface area (Å²) in [5, 5.41) is 5.62. The van der Waals surface area contributed by atoms with Gasteiger partial charge in [0.1, 0.15) is 5.41 Å². The van der Waals surface area contributed by atoms with Gasteiger partial charge in [0.05, 0.1) is 6.04 Å². The molecule has 0 atom stereocenters. The van der Waals surface area contributed by atoms with Gasteiger partial charge >= 0.3 is 0 Å². The van der Waals surface area contributed by atoms with Gasteiger partial charge in [0.25, 0.3) is 5.92 Å². The molecule has 1 aliphatic heterocycles. The minimum absolute atomic E-state index is 0.0438. The summed E-state index contributed by atoms with van der Waals surface area (Å²) in [4.78, 5) is 11.6. The largest absolute Gasteiger partial charge is 0.350 e. The van der Waals surface area contributed by atoms with Crippen LogP contribution in [0.4, 0.5) is 8.78 Å². The molecule has 0 unspecified atom stereocenters. The van der Waals surface area contributed by atoms with E-state index in [2.05, 4.69) is 10.6 Å². The topological polar surface area (TPSA) is 41.1 Å². The van der Waals surface area contributed by atoms with E-state index in [0.717, 1.165) is 6.92 Å². The van der Waals surface area contributed by atoms with Crippen LogP contribution in [0, 0.1) is 5.41 Å². The molecule has 0 aromatic heterocycles. The van der Waals surface area contributed by atoms with Gasteiger partial charge in [-0.2, -0.15) is 0 Å². The Hall–Kier alpha value is -0.710. The monoisotopic (exact) mass is 204 g/mol. The SMILES string of the molecule is CC(F)(F)C1(C(=O)NC2CNC2)CC1. The van der Waals surface area contributed by atoms with Crippen LogP contribution in [0.1, 0.15) is 19.8 Å². The number of amides is 1. The quantitative estimate of drug-likeness (QED) is 0.703. The second-order valence-corrected chi connectivity index (χ2v) is 4.30. The molecule has 3 nitrogen and oxygen atoms in total. The van der Waals surface area contributed by atoms with E-state index in [9.17, 15) is 13.6 Å². The Balaban J connectivity index is 1.96. The Kier molecular flexibility index (Phi) is 2.03. The first-order valence-electron chi connectivity index (χ1n) is 4.85. The number of carbonyl (C=O) groups is 1. The molecule has 2 rings (SSSR count). The van der Waals surface area contributed by atoms with Gasteiger partial charge < -0.3 is 10.6 Å². The van der Waals surface area contributed by atoms with E-state index in [1.807, 2.05) is 0 Å². The van der Waals surface area contributed by atoms with Crippen LogP contribution in [-0.4, -0.2) is 31.0 Å². The fraction of sp³-hybridized carbons (Fsp3) is 0.889. The predicted octanol–water partition coefficient (Wildman–Crippen LogP) is 0.510. The first kappa shape index (κ1) is 9.83. The lowest BCUT2D eigenvalue weighted by Gasteiger charge is -2.31. The molecule has 2 fully saturated rings. The lowest BCUT2D eigenvalue weighted by atomic mass is 9.97. The Bertz CT molecular complexity index is 254. The molecule has 1 amide bonds. The lowest BCUT2D eigenvalue weighted by Crippen LogP contribution is -2.59. The molecule has 0 spiro atoms. The second kappa shape index (κ2) is 2.89. The highest BCUT2D eigenvalue weighted by Crippen LogP contribution is 2.56. The number of hydrogen-bond acceptors (Lipinski definition) is 2. The van der Waals surface area contributed by atoms with Crippen molar-refractivity contribution in [3.05, 3.63) is 0 Å². The van der Waals surface area contributed by atoms with Gasteiger partial charge in [-0.25, -0.2) is 8.78 Å². The van der Waals surface area contributed by atoms with Crippen LogP contribution in [-0.2, 0) is 4.79 Å². The van der Waals surface area contributed by atoms with Crippen molar-refractivity contribution in [1.82, 2.24) is 10.6 Å². The van der Waals surface area contributed by atoms with Crippen molar-refractivity contribution < 1.29 is 13.6 Å². The zero-order chi connectivity index (χ0) is 10.4. The summed E-state index contributed by atoms with van der Waals surface area (Å²) in [5.41, 5.74) is -1.40. The van der Waals surface area contributed by atoms with Crippen LogP contribution in [0.3, 0.4) is 0 Å². The highest BCUT2D eigenvalue weighted by Gasteiger charge is 2.64. The summed E-state index contributed by atoms with van der Waals surface area (Å²) in [5.74, 6) is -3.37. The first-order valence-corrected chi connectivity index (χ1v) is 4.85. The summed E-state index contributed by atoms with van der Waals surface area (Å²) in [6.07, 6.45) is 0.616. The zero-order valence-corrected chi connectivity index (χ0v) is 8.07. The lowest BCUT2D eigenvalue weighted by molar-refractivity contribution is -0.142. The molecule has 0 aromatic rings. The van der Waals surface area contributed by atoms with Crippen LogP contribution in [0.5, 0.6) is 0 Å². The van der Waals surface area contributed by atoms with Crippen LogP contribution in [0.25, 0.3) is 0 Å². The summed E-state index contributed by atoms with van der Waals surface area (Å²) >= 11 is 0. The molecule has 2 aliphatic rings. The molecule has 0 aromatic carbocycles. The Morgan fingerprint density at radius 3 is 2.36 bits per heavy atom. The van der Waals surface area contributed by atoms with Crippen molar-refractivity contribution >= 4 is 5.91 Å². The van der Waals surface area contributed by atoms with Gasteiger partial charge in [-0.15, -0.1) is 0 Å². The molecule has 2 N–H and O–H groups in total. The highest BCUT2D eigenvalue weighted by molar-refractivity contribution is 5.86. The maximum atomic E-state index is 13.1. The van der Waals surface area contributed by atoms with Gasteiger partial charge in [-0.05, 0) is 12.8 Å². The van der Waals surface area contributed by atoms with Crippen LogP contribution < -0.4 is 10.6 Å². The number of carbonyl (C=O) groups excluding carboxylic acids is 1. The summed E-state index contributed by atoms with van der Waals surface area (Å²) < 4.78 is 26.2. The smallest absolute Gasteiger partial charge is 0.259 e. The van der Waals surface area contributed by atoms with Crippen molar-refractivity contribution in [1.29, 1.82) is 0 Å². The molecule has 1 aliphatic carbocycles. The normalized spacial score (nSPS) is 25.4. The number of halogens is 2. The molecule has 1 heterocycles. The van der Waals surface area contributed by atoms with Crippen molar-refractivity contribution in [2.45, 2.75) is 31.7 Å². The van der Waals surface area contributed by atoms with E-state index in [1.54, 1.807) is 0 Å². The molecule has 1 saturated heterocycles. The average Bonchev–Trinajstić information content (AvgIpc) is 2.73. The summed E-state index contributed by atoms with van der Waals surface area (Å²) in [6, 6.07) is 0.0438. The molecule has 1 saturated carbocycles. The third-order valence-electron chi connectivity index (χ3n) is 3.14. The fourth-order valence-corrected chi connectivity index (χ4v) is 1.70. The third-order valence-corrected chi connectivity index (χ3v) is 3.14. The van der Waals surface area contributed by atoms with Crippen molar-refractivity contribution in [2.75, 3.05) is 13.1 Å². The number of nitrogens with one attached hydrogen (secondary N) is 2. The number of hydrogen-bond donors (Lipinski definition) is 2. The van der Waals surface area contributed by atoms with Crippen LogP contribution in [0.2, 0.25) is 0 Å². The minimum atomic E-state index is -2.89. The fourth-order valence-electron chi connectivity index (χ4n) is 1.70. The second-order valence-electron chi connectivity index (χ2n) is 4.30. The molecule has 5 heteroatoms. The number of rotatable bonds is 3. The number of alkyl halides is 2. The van der Waals surface area contributed by atoms with Gasteiger partial charge in [0.15, 0.2) is 0 Å². The Morgan fingerprint density at radius 2 is 2.07 bits per heavy atom. The highest BCUT2D eigenvalue weighted by atomic mass is 19.3. The molecule has 0 radical (unpaired) electrons. The molecule has 0 bridgehead atoms. The van der Waals surface area contributed by atoms with E-state index >= 15 is 0 Å². The maximum absolute atomic E-state index is 13.1. The zero-order valence-electron chi connectivity index (χ0n) is 8.07. The van der Waals surface area contributed by atoms with Crippen LogP contribution in [0.15, 0.2) is 0 Å². The van der Waals surface area contributed by atoms with Crippen LogP contribution >= 0.6 is 0 Å². The van der Waals surface area contributed by atoms with E-state index in [-0.39, 0.29) is 6.04 Å². The van der Waals surface area contributed by atoms with Gasteiger partial charge in [0.2, 0.25) is 5.91 Å². The Morgan fingerprint density at radius 1 is 1.50 bits per heavy atom. The average molecular weight is 204 g/mol. The molecular formula is C9H14F2N2O. The summed E-state index contributed by atoms with van der Waals surface area (Å²) in [6.45, 7) is 2.22. The van der Waals surface area contributed by atoms with Gasteiger partial charge in [-0.1, -0.05) is 0 Å². The van der Waals surface area contributed by atoms with Gasteiger partial charge in [-0.3, -0.25) is 4.79 Å². The standard InChI is InChI=1S/C9H14F2N2O/c1-8(10,11)9(2-3-9)7(14)13-6-4-12-5-6/h6,12H,2-5H2,1H3,(H,13,14). The van der Waals surface area contributed by atoms with E-state index in [4.69, 9.17) is 0 Å². The Labute approximate surface area is 81.2 Å². The first-order chi connectivity index (χ1) is 6.46. The van der Waals surface area contributed by atoms with Gasteiger partial charge in [0, 0.05) is 20.0 Å². The summed E-state index contributed by atoms with van der Waals surface area (Å²) in [7, 11) is 0. The van der Waals surface area contributed by atoms with Crippen molar-refractivity contribution in [3.63, 3.8) is 0 Å². The molecular weight excluding hydrogens is 190 g/mol. The van der Waals surface area contributed by atoms with Crippen molar-refractivity contribution in [2.24, 2.45) is 5.41 Å². The van der Waals surface area contributed by atoms with Crippen molar-refractivity contribution in [3.8, 4) is 0 Å².